The molecule has 3 N–H and O–H groups in total. The van der Waals surface area contributed by atoms with Gasteiger partial charge >= 0.3 is 5.97 Å². The molecule has 8 atom stereocenters. The van der Waals surface area contributed by atoms with E-state index in [4.69, 9.17) is 4.74 Å². The zero-order valence-corrected chi connectivity index (χ0v) is 23.1. The van der Waals surface area contributed by atoms with Gasteiger partial charge in [0, 0.05) is 6.42 Å². The number of ketones is 1. The molecule has 4 fully saturated rings. The zero-order valence-electron chi connectivity index (χ0n) is 22.3. The van der Waals surface area contributed by atoms with Gasteiger partial charge in [-0.2, -0.15) is 0 Å². The van der Waals surface area contributed by atoms with Crippen LogP contribution in [0, 0.1) is 28.6 Å². The molecule has 8 nitrogen and oxygen atoms in total. The predicted octanol–water partition coefficient (Wildman–Crippen LogP) is 3.72. The Morgan fingerprint density at radius 3 is 2.56 bits per heavy atom. The van der Waals surface area contributed by atoms with E-state index in [0.717, 1.165) is 42.2 Å². The van der Waals surface area contributed by atoms with Gasteiger partial charge in [-0.25, -0.2) is 4.79 Å². The van der Waals surface area contributed by atoms with Gasteiger partial charge in [0.05, 0.1) is 11.4 Å². The number of rotatable bonds is 4. The Hall–Kier alpha value is -2.49. The molecular formula is C30H35NO7S. The second kappa shape index (κ2) is 9.28. The van der Waals surface area contributed by atoms with E-state index in [-0.39, 0.29) is 46.5 Å². The van der Waals surface area contributed by atoms with Gasteiger partial charge < -0.3 is 14.9 Å². The molecule has 208 valence electrons. The highest BCUT2D eigenvalue weighted by atomic mass is 32.2. The van der Waals surface area contributed by atoms with Crippen LogP contribution in [-0.2, 0) is 20.8 Å². The van der Waals surface area contributed by atoms with Crippen molar-refractivity contribution in [2.75, 3.05) is 0 Å². The summed E-state index contributed by atoms with van der Waals surface area (Å²) in [6, 6.07) is 6.78. The van der Waals surface area contributed by atoms with Crippen molar-refractivity contribution < 1.29 is 34.1 Å². The summed E-state index contributed by atoms with van der Waals surface area (Å²) in [6.07, 6.45) is 5.56. The Morgan fingerprint density at radius 2 is 1.87 bits per heavy atom. The molecule has 5 unspecified atom stereocenters. The zero-order chi connectivity index (χ0) is 27.7. The summed E-state index contributed by atoms with van der Waals surface area (Å²) in [6.45, 7) is 4.26. The molecule has 0 bridgehead atoms. The molecule has 1 aliphatic heterocycles. The van der Waals surface area contributed by atoms with Crippen LogP contribution < -0.4 is 10.1 Å². The number of aliphatic hydroxyl groups is 2. The molecule has 1 saturated heterocycles. The van der Waals surface area contributed by atoms with Crippen molar-refractivity contribution >= 4 is 34.7 Å². The van der Waals surface area contributed by atoms with Crippen LogP contribution in [0.4, 0.5) is 4.79 Å². The number of aliphatic hydroxyl groups excluding tert-OH is 1. The molecule has 5 aliphatic rings. The number of imide groups is 1. The summed E-state index contributed by atoms with van der Waals surface area (Å²) in [5.74, 6) is -0.277. The maximum Gasteiger partial charge on any atom is 0.343 e. The normalized spacial score (nSPS) is 41.3. The fourth-order valence-electron chi connectivity index (χ4n) is 8.62. The number of thioether (sulfide) groups is 1. The number of ether oxygens (including phenoxy) is 1. The highest BCUT2D eigenvalue weighted by molar-refractivity contribution is 8.15. The summed E-state index contributed by atoms with van der Waals surface area (Å²) < 4.78 is 5.66. The Kier molecular flexibility index (Phi) is 6.36. The van der Waals surface area contributed by atoms with E-state index in [0.29, 0.717) is 31.4 Å². The largest absolute Gasteiger partial charge is 0.424 e. The average Bonchev–Trinajstić information content (AvgIpc) is 3.34. The van der Waals surface area contributed by atoms with Gasteiger partial charge in [-0.1, -0.05) is 43.3 Å². The molecule has 1 aromatic carbocycles. The number of nitrogens with one attached hydrogen (secondary N) is 1. The average molecular weight is 554 g/mol. The Labute approximate surface area is 231 Å². The van der Waals surface area contributed by atoms with E-state index in [9.17, 15) is 29.4 Å². The highest BCUT2D eigenvalue weighted by Gasteiger charge is 2.65. The van der Waals surface area contributed by atoms with Gasteiger partial charge in [0.2, 0.25) is 5.91 Å². The first kappa shape index (κ1) is 26.7. The summed E-state index contributed by atoms with van der Waals surface area (Å²) >= 11 is 0.969. The number of amides is 2. The summed E-state index contributed by atoms with van der Waals surface area (Å²) in [4.78, 5) is 48.7. The van der Waals surface area contributed by atoms with Crippen molar-refractivity contribution in [2.45, 2.75) is 82.2 Å². The molecule has 2 amide bonds. The third-order valence-corrected chi connectivity index (χ3v) is 11.3. The van der Waals surface area contributed by atoms with Crippen molar-refractivity contribution in [3.8, 4) is 5.75 Å². The number of fused-ring (bicyclic) bond motifs is 5. The number of allylic oxidation sites excluding steroid dienone is 1. The molecule has 1 aromatic rings. The monoisotopic (exact) mass is 553 g/mol. The second-order valence-corrected chi connectivity index (χ2v) is 14.0. The maximum absolute atomic E-state index is 13.4. The van der Waals surface area contributed by atoms with Crippen molar-refractivity contribution in [1.29, 1.82) is 0 Å². The minimum absolute atomic E-state index is 0.00463. The third kappa shape index (κ3) is 4.46. The van der Waals surface area contributed by atoms with Crippen molar-refractivity contribution in [3.05, 3.63) is 41.5 Å². The number of esters is 1. The molecule has 6 rings (SSSR count). The van der Waals surface area contributed by atoms with E-state index in [1.807, 2.05) is 0 Å². The van der Waals surface area contributed by atoms with Gasteiger partial charge in [-0.3, -0.25) is 19.7 Å². The number of hydrogen-bond donors (Lipinski definition) is 3. The number of benzene rings is 1. The summed E-state index contributed by atoms with van der Waals surface area (Å²) in [7, 11) is 0. The lowest BCUT2D eigenvalue weighted by atomic mass is 9.46. The first-order valence-corrected chi connectivity index (χ1v) is 14.8. The molecule has 9 heteroatoms. The van der Waals surface area contributed by atoms with Crippen LogP contribution in [0.25, 0.3) is 0 Å². The van der Waals surface area contributed by atoms with Crippen LogP contribution >= 0.6 is 11.8 Å². The van der Waals surface area contributed by atoms with Crippen LogP contribution in [0.15, 0.2) is 35.9 Å². The van der Waals surface area contributed by atoms with E-state index < -0.39 is 28.3 Å². The molecule has 0 radical (unpaired) electrons. The van der Waals surface area contributed by atoms with Crippen LogP contribution in [0.3, 0.4) is 0 Å². The van der Waals surface area contributed by atoms with E-state index in [2.05, 4.69) is 19.2 Å². The molecule has 0 spiro atoms. The van der Waals surface area contributed by atoms with E-state index >= 15 is 0 Å². The van der Waals surface area contributed by atoms with Crippen LogP contribution in [0.2, 0.25) is 0 Å². The van der Waals surface area contributed by atoms with Crippen LogP contribution in [0.1, 0.15) is 64.4 Å². The molecule has 39 heavy (non-hydrogen) atoms. The first-order valence-electron chi connectivity index (χ1n) is 13.9. The van der Waals surface area contributed by atoms with Gasteiger partial charge in [-0.05, 0) is 97.3 Å². The van der Waals surface area contributed by atoms with Crippen molar-refractivity contribution in [1.82, 2.24) is 5.32 Å². The highest BCUT2D eigenvalue weighted by Crippen LogP contribution is 2.66. The molecule has 3 saturated carbocycles. The van der Waals surface area contributed by atoms with E-state index in [1.165, 1.54) is 0 Å². The van der Waals surface area contributed by atoms with Gasteiger partial charge in [0.1, 0.15) is 5.75 Å². The van der Waals surface area contributed by atoms with Crippen LogP contribution in [-0.4, -0.2) is 50.1 Å². The van der Waals surface area contributed by atoms with Gasteiger partial charge in [0.15, 0.2) is 11.4 Å². The Bertz CT molecular complexity index is 1280. The SMILES string of the molecule is C[C@]12CC(O)C3C(CCC4=CC(=O)CC[C@@]43C)C1C[C@](O)(C(=O)Oc1ccc(CC3SC(=O)NC3=O)cc1)C2. The minimum atomic E-state index is -1.65. The number of carbonyl (C=O) groups excluding carboxylic acids is 4. The topological polar surface area (TPSA) is 130 Å². The van der Waals surface area contributed by atoms with Gasteiger partial charge in [-0.15, -0.1) is 0 Å². The fourth-order valence-corrected chi connectivity index (χ4v) is 9.48. The first-order chi connectivity index (χ1) is 18.4. The lowest BCUT2D eigenvalue weighted by Crippen LogP contribution is -2.55. The maximum atomic E-state index is 13.4. The minimum Gasteiger partial charge on any atom is -0.424 e. The number of carbonyl (C=O) groups is 4. The number of hydrogen-bond acceptors (Lipinski definition) is 8. The lowest BCUT2D eigenvalue weighted by molar-refractivity contribution is -0.155. The summed E-state index contributed by atoms with van der Waals surface area (Å²) in [5, 5.41) is 24.5. The Morgan fingerprint density at radius 1 is 1.13 bits per heavy atom. The second-order valence-electron chi connectivity index (χ2n) is 12.8. The fraction of sp³-hybridized carbons (Fsp3) is 0.600. The van der Waals surface area contributed by atoms with Crippen molar-refractivity contribution in [3.63, 3.8) is 0 Å². The molecule has 4 aliphatic carbocycles. The van der Waals surface area contributed by atoms with Crippen LogP contribution in [0.5, 0.6) is 5.75 Å². The molecule has 0 aromatic heterocycles. The van der Waals surface area contributed by atoms with Crippen molar-refractivity contribution in [2.24, 2.45) is 28.6 Å². The Balaban J connectivity index is 1.16. The smallest absolute Gasteiger partial charge is 0.343 e. The molecule has 1 heterocycles. The lowest BCUT2D eigenvalue weighted by Gasteiger charge is -2.58. The predicted molar refractivity (Wildman–Crippen MR) is 144 cm³/mol. The quantitative estimate of drug-likeness (QED) is 0.380. The summed E-state index contributed by atoms with van der Waals surface area (Å²) in [5.41, 5.74) is -0.287. The van der Waals surface area contributed by atoms with E-state index in [1.54, 1.807) is 30.3 Å². The van der Waals surface area contributed by atoms with Gasteiger partial charge in [0.25, 0.3) is 5.24 Å². The third-order valence-electron chi connectivity index (χ3n) is 10.4. The molecular weight excluding hydrogens is 518 g/mol. The standard InChI is InChI=1S/C30H35NO7S/c1-28-14-22(33)24-20(8-5-17-12-18(32)9-10-29(17,24)2)21(28)13-30(37,15-28)26(35)38-19-6-3-16(4-7-19)11-23-25(34)31-27(36)39-23/h3-4,6-7,12,20-24,33,37H,5,8-11,13-15H2,1-2H3,(H,31,34,36)/t20?,21?,22?,23?,24?,28-,29+,30-/m1/s1.